The molecule has 1 amide bonds. The van der Waals surface area contributed by atoms with Crippen LogP contribution in [0, 0.1) is 5.92 Å². The molecule has 1 saturated heterocycles. The number of aryl methyl sites for hydroxylation is 1. The summed E-state index contributed by atoms with van der Waals surface area (Å²) in [6, 6.07) is 2.18. The zero-order chi connectivity index (χ0) is 12.4. The van der Waals surface area contributed by atoms with E-state index in [9.17, 15) is 4.79 Å². The Labute approximate surface area is 112 Å². The molecule has 2 aliphatic rings. The van der Waals surface area contributed by atoms with Gasteiger partial charge in [0.05, 0.1) is 0 Å². The predicted molar refractivity (Wildman–Crippen MR) is 71.6 cm³/mol. The average molecular weight is 265 g/mol. The fourth-order valence-electron chi connectivity index (χ4n) is 2.83. The van der Waals surface area contributed by atoms with E-state index in [1.165, 1.54) is 10.4 Å². The van der Waals surface area contributed by atoms with E-state index in [1.54, 1.807) is 0 Å². The smallest absolute Gasteiger partial charge is 0.226 e. The lowest BCUT2D eigenvalue weighted by Crippen LogP contribution is -2.38. The Bertz CT molecular complexity index is 423. The van der Waals surface area contributed by atoms with Crippen molar-refractivity contribution in [2.24, 2.45) is 5.92 Å². The van der Waals surface area contributed by atoms with Gasteiger partial charge in [0.1, 0.15) is 0 Å². The Hall–Kier alpha value is -0.870. The number of fused-ring (bicyclic) bond motifs is 1. The minimum Gasteiger partial charge on any atom is -0.381 e. The van der Waals surface area contributed by atoms with Crippen molar-refractivity contribution in [1.29, 1.82) is 0 Å². The summed E-state index contributed by atoms with van der Waals surface area (Å²) in [6.07, 6.45) is 4.02. The second-order valence-electron chi connectivity index (χ2n) is 5.12. The highest BCUT2D eigenvalue weighted by atomic mass is 32.1. The van der Waals surface area contributed by atoms with Crippen molar-refractivity contribution in [3.8, 4) is 0 Å². The molecule has 3 nitrogen and oxygen atoms in total. The third kappa shape index (κ3) is 2.45. The van der Waals surface area contributed by atoms with E-state index in [4.69, 9.17) is 4.74 Å². The van der Waals surface area contributed by atoms with Gasteiger partial charge in [-0.2, -0.15) is 0 Å². The molecule has 0 atom stereocenters. The molecule has 0 spiro atoms. The topological polar surface area (TPSA) is 29.5 Å². The molecule has 1 aromatic heterocycles. The number of nitrogens with zero attached hydrogens (tertiary/aromatic N) is 1. The normalized spacial score (nSPS) is 21.4. The standard InChI is InChI=1S/C14H19NO2S/c16-14(11-3-7-17-8-4-11)15-6-1-2-13-12(10-15)5-9-18-13/h5,9,11H,1-4,6-8,10H2. The van der Waals surface area contributed by atoms with Crippen molar-refractivity contribution >= 4 is 17.2 Å². The van der Waals surface area contributed by atoms with E-state index in [1.807, 2.05) is 11.3 Å². The highest BCUT2D eigenvalue weighted by Gasteiger charge is 2.27. The summed E-state index contributed by atoms with van der Waals surface area (Å²) in [7, 11) is 0. The Morgan fingerprint density at radius 3 is 3.06 bits per heavy atom. The van der Waals surface area contributed by atoms with E-state index in [-0.39, 0.29) is 5.92 Å². The molecule has 1 fully saturated rings. The molecule has 0 radical (unpaired) electrons. The first-order valence-electron chi connectivity index (χ1n) is 6.76. The monoisotopic (exact) mass is 265 g/mol. The molecule has 98 valence electrons. The van der Waals surface area contributed by atoms with E-state index in [0.717, 1.165) is 52.0 Å². The van der Waals surface area contributed by atoms with Gasteiger partial charge in [-0.3, -0.25) is 4.79 Å². The summed E-state index contributed by atoms with van der Waals surface area (Å²) < 4.78 is 5.34. The largest absolute Gasteiger partial charge is 0.381 e. The summed E-state index contributed by atoms with van der Waals surface area (Å²) >= 11 is 1.83. The molecule has 0 unspecified atom stereocenters. The van der Waals surface area contributed by atoms with Crippen LogP contribution in [0.2, 0.25) is 0 Å². The van der Waals surface area contributed by atoms with Crippen molar-refractivity contribution in [2.45, 2.75) is 32.2 Å². The number of rotatable bonds is 1. The van der Waals surface area contributed by atoms with E-state index in [2.05, 4.69) is 16.3 Å². The number of hydrogen-bond donors (Lipinski definition) is 0. The molecular weight excluding hydrogens is 246 g/mol. The van der Waals surface area contributed by atoms with Gasteiger partial charge in [-0.05, 0) is 42.7 Å². The summed E-state index contributed by atoms with van der Waals surface area (Å²) in [5, 5.41) is 2.15. The van der Waals surface area contributed by atoms with Gasteiger partial charge in [0.25, 0.3) is 0 Å². The van der Waals surface area contributed by atoms with Crippen LogP contribution in [0.25, 0.3) is 0 Å². The zero-order valence-electron chi connectivity index (χ0n) is 10.6. The highest BCUT2D eigenvalue weighted by Crippen LogP contribution is 2.26. The predicted octanol–water partition coefficient (Wildman–Crippen LogP) is 2.45. The molecule has 3 heterocycles. The zero-order valence-corrected chi connectivity index (χ0v) is 11.4. The molecule has 0 N–H and O–H groups in total. The third-order valence-corrected chi connectivity index (χ3v) is 4.94. The third-order valence-electron chi connectivity index (χ3n) is 3.91. The van der Waals surface area contributed by atoms with E-state index < -0.39 is 0 Å². The maximum atomic E-state index is 12.5. The van der Waals surface area contributed by atoms with Crippen LogP contribution in [0.15, 0.2) is 11.4 Å². The van der Waals surface area contributed by atoms with Crippen LogP contribution in [0.5, 0.6) is 0 Å². The molecule has 0 bridgehead atoms. The van der Waals surface area contributed by atoms with E-state index >= 15 is 0 Å². The molecule has 0 saturated carbocycles. The van der Waals surface area contributed by atoms with Crippen molar-refractivity contribution in [3.05, 3.63) is 21.9 Å². The van der Waals surface area contributed by atoms with Gasteiger partial charge in [-0.1, -0.05) is 0 Å². The first-order valence-corrected chi connectivity index (χ1v) is 7.64. The van der Waals surface area contributed by atoms with Crippen molar-refractivity contribution in [2.75, 3.05) is 19.8 Å². The molecule has 0 aromatic carbocycles. The number of ether oxygens (including phenoxy) is 1. The van der Waals surface area contributed by atoms with Crippen LogP contribution in [0.1, 0.15) is 29.7 Å². The first-order chi connectivity index (χ1) is 8.84. The molecule has 1 aromatic rings. The first kappa shape index (κ1) is 12.2. The molecular formula is C14H19NO2S. The summed E-state index contributed by atoms with van der Waals surface area (Å²) in [6.45, 7) is 3.22. The number of amides is 1. The quantitative estimate of drug-likeness (QED) is 0.780. The van der Waals surface area contributed by atoms with Gasteiger partial charge in [0, 0.05) is 37.1 Å². The van der Waals surface area contributed by atoms with Crippen LogP contribution in [0.3, 0.4) is 0 Å². The minimum atomic E-state index is 0.193. The lowest BCUT2D eigenvalue weighted by atomic mass is 9.98. The fraction of sp³-hybridized carbons (Fsp3) is 0.643. The van der Waals surface area contributed by atoms with Crippen molar-refractivity contribution < 1.29 is 9.53 Å². The maximum Gasteiger partial charge on any atom is 0.226 e. The molecule has 2 aliphatic heterocycles. The number of hydrogen-bond acceptors (Lipinski definition) is 3. The molecule has 4 heteroatoms. The summed E-state index contributed by atoms with van der Waals surface area (Å²) in [5.41, 5.74) is 1.36. The lowest BCUT2D eigenvalue weighted by molar-refractivity contribution is -0.139. The van der Waals surface area contributed by atoms with Crippen LogP contribution < -0.4 is 0 Å². The Balaban J connectivity index is 1.70. The van der Waals surface area contributed by atoms with Crippen LogP contribution in [-0.2, 0) is 22.5 Å². The van der Waals surface area contributed by atoms with Crippen LogP contribution in [0.4, 0.5) is 0 Å². The van der Waals surface area contributed by atoms with Gasteiger partial charge in [0.15, 0.2) is 0 Å². The van der Waals surface area contributed by atoms with Crippen molar-refractivity contribution in [1.82, 2.24) is 4.90 Å². The SMILES string of the molecule is O=C(C1CCOCC1)N1CCCc2sccc2C1. The van der Waals surface area contributed by atoms with Crippen LogP contribution >= 0.6 is 11.3 Å². The fourth-order valence-corrected chi connectivity index (χ4v) is 3.78. The Morgan fingerprint density at radius 1 is 1.39 bits per heavy atom. The lowest BCUT2D eigenvalue weighted by Gasteiger charge is -2.28. The molecule has 3 rings (SSSR count). The molecule has 0 aliphatic carbocycles. The number of thiophene rings is 1. The summed E-state index contributed by atoms with van der Waals surface area (Å²) in [5.74, 6) is 0.538. The van der Waals surface area contributed by atoms with Gasteiger partial charge >= 0.3 is 0 Å². The average Bonchev–Trinajstić information content (AvgIpc) is 2.76. The Morgan fingerprint density at radius 2 is 2.22 bits per heavy atom. The summed E-state index contributed by atoms with van der Waals surface area (Å²) in [4.78, 5) is 16.0. The maximum absolute atomic E-state index is 12.5. The Kier molecular flexibility index (Phi) is 3.66. The van der Waals surface area contributed by atoms with Gasteiger partial charge in [-0.15, -0.1) is 11.3 Å². The number of carbonyl (C=O) groups excluding carboxylic acids is 1. The second kappa shape index (κ2) is 5.41. The second-order valence-corrected chi connectivity index (χ2v) is 6.12. The highest BCUT2D eigenvalue weighted by molar-refractivity contribution is 7.10. The molecule has 18 heavy (non-hydrogen) atoms. The minimum absolute atomic E-state index is 0.193. The van der Waals surface area contributed by atoms with Gasteiger partial charge in [-0.25, -0.2) is 0 Å². The van der Waals surface area contributed by atoms with Crippen LogP contribution in [-0.4, -0.2) is 30.6 Å². The van der Waals surface area contributed by atoms with Crippen molar-refractivity contribution in [3.63, 3.8) is 0 Å². The van der Waals surface area contributed by atoms with Gasteiger partial charge < -0.3 is 9.64 Å². The van der Waals surface area contributed by atoms with E-state index in [0.29, 0.717) is 5.91 Å². The number of carbonyl (C=O) groups is 1. The van der Waals surface area contributed by atoms with Gasteiger partial charge in [0.2, 0.25) is 5.91 Å².